The van der Waals surface area contributed by atoms with Crippen molar-refractivity contribution in [1.29, 1.82) is 0 Å². The van der Waals surface area contributed by atoms with Gasteiger partial charge in [-0.05, 0) is 35.6 Å². The highest BCUT2D eigenvalue weighted by Crippen LogP contribution is 2.23. The molecule has 2 rings (SSSR count). The topological polar surface area (TPSA) is 49.3 Å². The van der Waals surface area contributed by atoms with Crippen LogP contribution in [0.25, 0.3) is 0 Å². The summed E-state index contributed by atoms with van der Waals surface area (Å²) in [6, 6.07) is 15.8. The SMILES string of the molecule is O=C(C[C@@H](CCO)c1ccc(F)cc1)NCc1ccccc1. The molecule has 3 nitrogen and oxygen atoms in total. The Labute approximate surface area is 129 Å². The minimum Gasteiger partial charge on any atom is -0.396 e. The molecule has 0 aliphatic carbocycles. The van der Waals surface area contributed by atoms with Gasteiger partial charge in [0.2, 0.25) is 5.91 Å². The van der Waals surface area contributed by atoms with Crippen LogP contribution in [0.2, 0.25) is 0 Å². The monoisotopic (exact) mass is 301 g/mol. The van der Waals surface area contributed by atoms with E-state index in [1.807, 2.05) is 30.3 Å². The third-order valence-corrected chi connectivity index (χ3v) is 3.58. The number of benzene rings is 2. The zero-order valence-corrected chi connectivity index (χ0v) is 12.3. The number of amides is 1. The largest absolute Gasteiger partial charge is 0.396 e. The van der Waals surface area contributed by atoms with Gasteiger partial charge in [0.25, 0.3) is 0 Å². The van der Waals surface area contributed by atoms with E-state index in [9.17, 15) is 9.18 Å². The van der Waals surface area contributed by atoms with Crippen LogP contribution in [-0.2, 0) is 11.3 Å². The van der Waals surface area contributed by atoms with Crippen molar-refractivity contribution in [3.8, 4) is 0 Å². The number of aliphatic hydroxyl groups excluding tert-OH is 1. The average Bonchev–Trinajstić information content (AvgIpc) is 2.54. The second-order valence-corrected chi connectivity index (χ2v) is 5.23. The molecule has 0 aliphatic rings. The van der Waals surface area contributed by atoms with E-state index in [0.29, 0.717) is 13.0 Å². The molecule has 0 fully saturated rings. The van der Waals surface area contributed by atoms with Gasteiger partial charge in [-0.15, -0.1) is 0 Å². The first kappa shape index (κ1) is 16.2. The summed E-state index contributed by atoms with van der Waals surface area (Å²) >= 11 is 0. The van der Waals surface area contributed by atoms with Crippen LogP contribution in [0.4, 0.5) is 4.39 Å². The average molecular weight is 301 g/mol. The molecule has 0 unspecified atom stereocenters. The van der Waals surface area contributed by atoms with Crippen molar-refractivity contribution in [3.05, 3.63) is 71.5 Å². The van der Waals surface area contributed by atoms with E-state index < -0.39 is 0 Å². The van der Waals surface area contributed by atoms with Crippen LogP contribution in [0, 0.1) is 5.82 Å². The molecule has 2 aromatic rings. The number of carbonyl (C=O) groups is 1. The summed E-state index contributed by atoms with van der Waals surface area (Å²) in [6.07, 6.45) is 0.753. The maximum atomic E-state index is 13.0. The van der Waals surface area contributed by atoms with Gasteiger partial charge < -0.3 is 10.4 Å². The molecule has 22 heavy (non-hydrogen) atoms. The van der Waals surface area contributed by atoms with Crippen molar-refractivity contribution >= 4 is 5.91 Å². The van der Waals surface area contributed by atoms with Crippen molar-refractivity contribution < 1.29 is 14.3 Å². The predicted molar refractivity (Wildman–Crippen MR) is 83.7 cm³/mol. The molecule has 0 spiro atoms. The quantitative estimate of drug-likeness (QED) is 0.826. The van der Waals surface area contributed by atoms with E-state index >= 15 is 0 Å². The van der Waals surface area contributed by atoms with Crippen molar-refractivity contribution in [1.82, 2.24) is 5.32 Å². The number of hydrogen-bond acceptors (Lipinski definition) is 2. The van der Waals surface area contributed by atoms with Crippen LogP contribution in [0.1, 0.15) is 29.9 Å². The van der Waals surface area contributed by atoms with Gasteiger partial charge in [-0.3, -0.25) is 4.79 Å². The molecule has 0 saturated carbocycles. The second kappa shape index (κ2) is 8.29. The van der Waals surface area contributed by atoms with Crippen LogP contribution < -0.4 is 5.32 Å². The van der Waals surface area contributed by atoms with Crippen molar-refractivity contribution in [2.24, 2.45) is 0 Å². The highest BCUT2D eigenvalue weighted by molar-refractivity contribution is 5.76. The second-order valence-electron chi connectivity index (χ2n) is 5.23. The third-order valence-electron chi connectivity index (χ3n) is 3.58. The lowest BCUT2D eigenvalue weighted by molar-refractivity contribution is -0.121. The van der Waals surface area contributed by atoms with Gasteiger partial charge in [0, 0.05) is 19.6 Å². The number of carbonyl (C=O) groups excluding carboxylic acids is 1. The molecule has 2 N–H and O–H groups in total. The predicted octanol–water partition coefficient (Wildman–Crippen LogP) is 3.00. The number of aliphatic hydroxyl groups is 1. The van der Waals surface area contributed by atoms with Crippen LogP contribution in [0.5, 0.6) is 0 Å². The van der Waals surface area contributed by atoms with Gasteiger partial charge in [-0.25, -0.2) is 4.39 Å². The van der Waals surface area contributed by atoms with Gasteiger partial charge in [0.1, 0.15) is 5.82 Å². The maximum Gasteiger partial charge on any atom is 0.220 e. The molecular formula is C18H20FNO2. The first-order valence-corrected chi connectivity index (χ1v) is 7.36. The van der Waals surface area contributed by atoms with E-state index in [0.717, 1.165) is 11.1 Å². The summed E-state index contributed by atoms with van der Waals surface area (Å²) in [5.74, 6) is -0.493. The van der Waals surface area contributed by atoms with Crippen molar-refractivity contribution in [3.63, 3.8) is 0 Å². The Morgan fingerprint density at radius 2 is 1.77 bits per heavy atom. The van der Waals surface area contributed by atoms with Gasteiger partial charge in [0.05, 0.1) is 0 Å². The first-order chi connectivity index (χ1) is 10.7. The zero-order chi connectivity index (χ0) is 15.8. The van der Waals surface area contributed by atoms with E-state index in [1.165, 1.54) is 12.1 Å². The molecule has 0 bridgehead atoms. The van der Waals surface area contributed by atoms with Crippen LogP contribution in [0.15, 0.2) is 54.6 Å². The molecule has 1 atom stereocenters. The zero-order valence-electron chi connectivity index (χ0n) is 12.3. The van der Waals surface area contributed by atoms with Gasteiger partial charge in [-0.1, -0.05) is 42.5 Å². The molecule has 0 heterocycles. The molecule has 116 valence electrons. The summed E-state index contributed by atoms with van der Waals surface area (Å²) in [5.41, 5.74) is 1.90. The van der Waals surface area contributed by atoms with E-state index in [4.69, 9.17) is 5.11 Å². The summed E-state index contributed by atoms with van der Waals surface area (Å²) in [4.78, 5) is 12.1. The Kier molecular flexibility index (Phi) is 6.10. The fourth-order valence-electron chi connectivity index (χ4n) is 2.37. The molecule has 0 aromatic heterocycles. The normalized spacial score (nSPS) is 11.9. The molecule has 2 aromatic carbocycles. The minimum absolute atomic E-state index is 0.00594. The number of rotatable bonds is 7. The fraction of sp³-hybridized carbons (Fsp3) is 0.278. The molecule has 0 radical (unpaired) electrons. The number of nitrogens with one attached hydrogen (secondary N) is 1. The van der Waals surface area contributed by atoms with E-state index in [-0.39, 0.29) is 30.7 Å². The summed E-state index contributed by atoms with van der Waals surface area (Å²) in [5, 5.41) is 12.0. The number of hydrogen-bond donors (Lipinski definition) is 2. The van der Waals surface area contributed by atoms with Gasteiger partial charge in [-0.2, -0.15) is 0 Å². The fourth-order valence-corrected chi connectivity index (χ4v) is 2.37. The summed E-state index contributed by atoms with van der Waals surface area (Å²) < 4.78 is 13.0. The molecule has 0 saturated heterocycles. The standard InChI is InChI=1S/C18H20FNO2/c19-17-8-6-15(7-9-17)16(10-11-21)12-18(22)20-13-14-4-2-1-3-5-14/h1-9,16,21H,10-13H2,(H,20,22)/t16-/m1/s1. The molecule has 1 amide bonds. The van der Waals surface area contributed by atoms with Crippen molar-refractivity contribution in [2.45, 2.75) is 25.3 Å². The molecular weight excluding hydrogens is 281 g/mol. The minimum atomic E-state index is -0.306. The Bertz CT molecular complexity index is 584. The highest BCUT2D eigenvalue weighted by Gasteiger charge is 2.15. The van der Waals surface area contributed by atoms with Crippen LogP contribution in [0.3, 0.4) is 0 Å². The smallest absolute Gasteiger partial charge is 0.220 e. The first-order valence-electron chi connectivity index (χ1n) is 7.36. The molecule has 0 aliphatic heterocycles. The Morgan fingerprint density at radius 1 is 1.09 bits per heavy atom. The van der Waals surface area contributed by atoms with Crippen LogP contribution in [-0.4, -0.2) is 17.6 Å². The molecule has 4 heteroatoms. The lowest BCUT2D eigenvalue weighted by atomic mass is 9.92. The maximum absolute atomic E-state index is 13.0. The lowest BCUT2D eigenvalue weighted by Crippen LogP contribution is -2.25. The lowest BCUT2D eigenvalue weighted by Gasteiger charge is -2.16. The van der Waals surface area contributed by atoms with Gasteiger partial charge in [0.15, 0.2) is 0 Å². The third kappa shape index (κ3) is 4.97. The Morgan fingerprint density at radius 3 is 2.41 bits per heavy atom. The summed E-state index contributed by atoms with van der Waals surface area (Å²) in [6.45, 7) is 0.475. The Hall–Kier alpha value is -2.20. The van der Waals surface area contributed by atoms with Crippen molar-refractivity contribution in [2.75, 3.05) is 6.61 Å². The van der Waals surface area contributed by atoms with E-state index in [2.05, 4.69) is 5.32 Å². The summed E-state index contributed by atoms with van der Waals surface area (Å²) in [7, 11) is 0. The highest BCUT2D eigenvalue weighted by atomic mass is 19.1. The Balaban J connectivity index is 1.92. The van der Waals surface area contributed by atoms with E-state index in [1.54, 1.807) is 12.1 Å². The van der Waals surface area contributed by atoms with Gasteiger partial charge >= 0.3 is 0 Å². The number of halogens is 1. The van der Waals surface area contributed by atoms with Crippen LogP contribution >= 0.6 is 0 Å².